The van der Waals surface area contributed by atoms with Gasteiger partial charge in [0.2, 0.25) is 21.8 Å². The van der Waals surface area contributed by atoms with Crippen LogP contribution in [-0.4, -0.2) is 95.0 Å². The van der Waals surface area contributed by atoms with Gasteiger partial charge in [0, 0.05) is 32.3 Å². The van der Waals surface area contributed by atoms with E-state index in [-0.39, 0.29) is 32.7 Å². The van der Waals surface area contributed by atoms with Gasteiger partial charge in [0.25, 0.3) is 11.8 Å². The van der Waals surface area contributed by atoms with Gasteiger partial charge in [0.1, 0.15) is 29.9 Å². The molecule has 0 bridgehead atoms. The van der Waals surface area contributed by atoms with Gasteiger partial charge < -0.3 is 29.7 Å². The second kappa shape index (κ2) is 15.3. The highest BCUT2D eigenvalue weighted by molar-refractivity contribution is 7.91. The van der Waals surface area contributed by atoms with Crippen LogP contribution in [0.1, 0.15) is 67.4 Å². The van der Waals surface area contributed by atoms with Gasteiger partial charge in [-0.2, -0.15) is 0 Å². The molecule has 0 spiro atoms. The summed E-state index contributed by atoms with van der Waals surface area (Å²) in [6, 6.07) is 14.6. The Kier molecular flexibility index (Phi) is 10.5. The van der Waals surface area contributed by atoms with Crippen LogP contribution in [-0.2, 0) is 42.8 Å². The highest BCUT2D eigenvalue weighted by Gasteiger charge is 2.62. The molecule has 14 nitrogen and oxygen atoms in total. The van der Waals surface area contributed by atoms with Gasteiger partial charge in [-0.25, -0.2) is 13.2 Å². The number of carbonyl (C=O) groups excluding carboxylic acids is 5. The van der Waals surface area contributed by atoms with Crippen LogP contribution in [0.2, 0.25) is 0 Å². The number of sulfonamides is 1. The summed E-state index contributed by atoms with van der Waals surface area (Å²) >= 11 is 0. The first kappa shape index (κ1) is 37.1. The molecule has 1 unspecified atom stereocenters. The maximum absolute atomic E-state index is 14.5. The Hall–Kier alpha value is -5.18. The van der Waals surface area contributed by atoms with E-state index in [0.29, 0.717) is 37.8 Å². The monoisotopic (exact) mass is 758 g/mol. The van der Waals surface area contributed by atoms with Crippen molar-refractivity contribution in [3.8, 4) is 0 Å². The largest absolute Gasteiger partial charge is 0.445 e. The van der Waals surface area contributed by atoms with Gasteiger partial charge in [-0.05, 0) is 67.0 Å². The van der Waals surface area contributed by atoms with Crippen LogP contribution < -0.4 is 15.4 Å². The molecule has 2 aromatic carbocycles. The maximum atomic E-state index is 14.5. The number of hydrogen-bond donors (Lipinski definition) is 3. The molecule has 54 heavy (non-hydrogen) atoms. The first-order valence-corrected chi connectivity index (χ1v) is 20.2. The molecule has 4 aliphatic rings. The van der Waals surface area contributed by atoms with E-state index in [1.54, 1.807) is 29.9 Å². The van der Waals surface area contributed by atoms with Crippen LogP contribution in [0.5, 0.6) is 0 Å². The predicted octanol–water partition coefficient (Wildman–Crippen LogP) is 3.13. The number of allylic oxidation sites excluding steroid dienone is 1. The fourth-order valence-electron chi connectivity index (χ4n) is 7.49. The van der Waals surface area contributed by atoms with E-state index in [2.05, 4.69) is 15.4 Å². The lowest BCUT2D eigenvalue weighted by Crippen LogP contribution is -2.66. The average molecular weight is 759 g/mol. The molecule has 1 saturated heterocycles. The van der Waals surface area contributed by atoms with Crippen LogP contribution in [0.15, 0.2) is 72.9 Å². The Morgan fingerprint density at radius 3 is 2.54 bits per heavy atom. The molecule has 2 aliphatic heterocycles. The molecule has 4 atom stereocenters. The molecule has 0 radical (unpaired) electrons. The summed E-state index contributed by atoms with van der Waals surface area (Å²) in [5.74, 6) is -2.93. The lowest BCUT2D eigenvalue weighted by atomic mass is 10.0. The molecule has 1 aromatic heterocycles. The Morgan fingerprint density at radius 2 is 1.76 bits per heavy atom. The zero-order valence-corrected chi connectivity index (χ0v) is 31.1. The van der Waals surface area contributed by atoms with Crippen molar-refractivity contribution < 1.29 is 37.1 Å². The summed E-state index contributed by atoms with van der Waals surface area (Å²) in [6.07, 6.45) is 9.11. The predicted molar refractivity (Wildman–Crippen MR) is 199 cm³/mol. The Labute approximate surface area is 314 Å². The normalized spacial score (nSPS) is 25.6. The standard InChI is InChI=1S/C39H46N6O8S/c1-43-20-10-17-32(43)34(46)40-31-16-6-4-2-3-5-14-28-23-39(28,37(49)42-54(51,52)29-18-19-29)41-35(47)33-24-44(21-22-45(33)36(31)48)38(50)53-25-27-13-9-12-26-11-7-8-15-30(26)27/h5,7-15,17,20,28-29,31,33H,2-4,6,16,18-19,21-25H2,1H3,(H,40,46)(H,41,47)(H,42,49)/b14-5+/t28?,31-,33-,39-/m0/s1. The first-order valence-electron chi connectivity index (χ1n) is 18.6. The van der Waals surface area contributed by atoms with Gasteiger partial charge in [0.15, 0.2) is 0 Å². The van der Waals surface area contributed by atoms with E-state index >= 15 is 0 Å². The molecular formula is C39H46N6O8S. The number of rotatable bonds is 7. The quantitative estimate of drug-likeness (QED) is 0.308. The highest BCUT2D eigenvalue weighted by Crippen LogP contribution is 2.46. The number of aromatic nitrogens is 1. The van der Waals surface area contributed by atoms with E-state index in [9.17, 15) is 32.4 Å². The molecule has 2 aliphatic carbocycles. The summed E-state index contributed by atoms with van der Waals surface area (Å²) in [6.45, 7) is -0.256. The van der Waals surface area contributed by atoms with Crippen molar-refractivity contribution in [1.29, 1.82) is 0 Å². The van der Waals surface area contributed by atoms with E-state index in [0.717, 1.165) is 29.2 Å². The molecule has 286 valence electrons. The topological polar surface area (TPSA) is 176 Å². The summed E-state index contributed by atoms with van der Waals surface area (Å²) in [7, 11) is -2.19. The molecule has 3 aromatic rings. The molecule has 5 amide bonds. The summed E-state index contributed by atoms with van der Waals surface area (Å²) in [5.41, 5.74) is -0.381. The number of ether oxygens (including phenoxy) is 1. The van der Waals surface area contributed by atoms with Crippen molar-refractivity contribution in [2.45, 2.75) is 80.8 Å². The fraction of sp³-hybridized carbons (Fsp3) is 0.462. The molecule has 3 heterocycles. The van der Waals surface area contributed by atoms with Crippen LogP contribution in [0.3, 0.4) is 0 Å². The minimum atomic E-state index is -3.92. The lowest BCUT2D eigenvalue weighted by molar-refractivity contribution is -0.146. The highest BCUT2D eigenvalue weighted by atomic mass is 32.2. The molecular weight excluding hydrogens is 713 g/mol. The molecule has 15 heteroatoms. The maximum Gasteiger partial charge on any atom is 0.410 e. The lowest BCUT2D eigenvalue weighted by Gasteiger charge is -2.41. The summed E-state index contributed by atoms with van der Waals surface area (Å²) in [4.78, 5) is 72.3. The van der Waals surface area contributed by atoms with Crippen molar-refractivity contribution in [3.63, 3.8) is 0 Å². The number of piperazine rings is 1. The molecule has 3 fully saturated rings. The average Bonchev–Trinajstić information content (AvgIpc) is 4.09. The van der Waals surface area contributed by atoms with Crippen molar-refractivity contribution in [3.05, 3.63) is 84.2 Å². The van der Waals surface area contributed by atoms with Crippen LogP contribution >= 0.6 is 0 Å². The number of aryl methyl sites for hydroxylation is 1. The number of nitrogens with one attached hydrogen (secondary N) is 3. The van der Waals surface area contributed by atoms with Crippen molar-refractivity contribution in [2.75, 3.05) is 19.6 Å². The molecule has 7 rings (SSSR count). The van der Waals surface area contributed by atoms with Gasteiger partial charge in [-0.15, -0.1) is 0 Å². The van der Waals surface area contributed by atoms with Crippen molar-refractivity contribution in [2.24, 2.45) is 13.0 Å². The van der Waals surface area contributed by atoms with Crippen molar-refractivity contribution >= 4 is 50.5 Å². The van der Waals surface area contributed by atoms with E-state index in [1.807, 2.05) is 54.6 Å². The summed E-state index contributed by atoms with van der Waals surface area (Å²) < 4.78 is 35.3. The van der Waals surface area contributed by atoms with Gasteiger partial charge >= 0.3 is 6.09 Å². The zero-order chi connectivity index (χ0) is 38.0. The van der Waals surface area contributed by atoms with E-state index in [1.165, 1.54) is 9.80 Å². The van der Waals surface area contributed by atoms with Crippen LogP contribution in [0, 0.1) is 5.92 Å². The third-order valence-electron chi connectivity index (χ3n) is 10.9. The van der Waals surface area contributed by atoms with Crippen LogP contribution in [0.4, 0.5) is 4.79 Å². The molecule has 3 N–H and O–H groups in total. The van der Waals surface area contributed by atoms with E-state index < -0.39 is 68.5 Å². The fourth-order valence-corrected chi connectivity index (χ4v) is 8.85. The second-order valence-corrected chi connectivity index (χ2v) is 16.7. The number of benzene rings is 2. The summed E-state index contributed by atoms with van der Waals surface area (Å²) in [5, 5.41) is 7.01. The smallest absolute Gasteiger partial charge is 0.410 e. The number of carbonyl (C=O) groups is 5. The zero-order valence-electron chi connectivity index (χ0n) is 30.2. The number of fused-ring (bicyclic) bond motifs is 3. The minimum absolute atomic E-state index is 0.0176. The SMILES string of the molecule is Cn1cccc1C(=O)N[C@H]1CCCCC/C=C/C2C[C@]2(C(=O)NS(=O)(=O)C2CC2)NC(=O)[C@@H]2CN(C(=O)OCc3cccc4ccccc34)CCN2C1=O. The number of hydrogen-bond acceptors (Lipinski definition) is 8. The van der Waals surface area contributed by atoms with E-state index in [4.69, 9.17) is 4.74 Å². The Bertz CT molecular complexity index is 2090. The number of amides is 5. The van der Waals surface area contributed by atoms with Gasteiger partial charge in [-0.3, -0.25) is 23.9 Å². The van der Waals surface area contributed by atoms with Gasteiger partial charge in [-0.1, -0.05) is 67.5 Å². The Morgan fingerprint density at radius 1 is 0.963 bits per heavy atom. The first-order chi connectivity index (χ1) is 26.0. The number of nitrogens with zero attached hydrogens (tertiary/aromatic N) is 3. The Balaban J connectivity index is 1.15. The third kappa shape index (κ3) is 7.86. The van der Waals surface area contributed by atoms with Crippen molar-refractivity contribution in [1.82, 2.24) is 29.7 Å². The minimum Gasteiger partial charge on any atom is -0.445 e. The third-order valence-corrected chi connectivity index (χ3v) is 12.8. The second-order valence-electron chi connectivity index (χ2n) is 14.7. The molecule has 2 saturated carbocycles. The van der Waals surface area contributed by atoms with Crippen LogP contribution in [0.25, 0.3) is 10.8 Å². The van der Waals surface area contributed by atoms with Gasteiger partial charge in [0.05, 0.1) is 11.8 Å².